The fourth-order valence-electron chi connectivity index (χ4n) is 4.36. The fourth-order valence-corrected chi connectivity index (χ4v) is 7.42. The molecule has 0 N–H and O–H groups in total. The lowest BCUT2D eigenvalue weighted by Gasteiger charge is -2.21. The van der Waals surface area contributed by atoms with E-state index in [1.54, 1.807) is 0 Å². The first-order chi connectivity index (χ1) is 14.7. The second kappa shape index (κ2) is 12.5. The molecule has 2 nitrogen and oxygen atoms in total. The van der Waals surface area contributed by atoms with Crippen molar-refractivity contribution >= 4 is 19.5 Å². The topological polar surface area (TPSA) is 18.5 Å². The molecule has 0 amide bonds. The third-order valence-electron chi connectivity index (χ3n) is 5.90. The van der Waals surface area contributed by atoms with Crippen LogP contribution in [-0.2, 0) is 0 Å². The highest BCUT2D eigenvalue weighted by Crippen LogP contribution is 2.35. The van der Waals surface area contributed by atoms with Gasteiger partial charge in [-0.15, -0.1) is 0 Å². The van der Waals surface area contributed by atoms with E-state index in [2.05, 4.69) is 91.8 Å². The number of hydrogen-bond donors (Lipinski definition) is 0. The van der Waals surface area contributed by atoms with Crippen LogP contribution in [0.4, 0.5) is 0 Å². The lowest BCUT2D eigenvalue weighted by molar-refractivity contribution is 0.562. The summed E-state index contributed by atoms with van der Waals surface area (Å²) >= 11 is 0. The molecule has 0 heterocycles. The highest BCUT2D eigenvalue weighted by molar-refractivity contribution is 6.30. The first kappa shape index (κ1) is 25.7. The quantitative estimate of drug-likeness (QED) is 0.252. The maximum absolute atomic E-state index is 6.36. The Morgan fingerprint density at radius 1 is 0.581 bits per heavy atom. The van der Waals surface area contributed by atoms with Crippen molar-refractivity contribution in [3.63, 3.8) is 0 Å². The van der Waals surface area contributed by atoms with Gasteiger partial charge in [0.25, 0.3) is 0 Å². The van der Waals surface area contributed by atoms with E-state index >= 15 is 0 Å². The lowest BCUT2D eigenvalue weighted by atomic mass is 9.90. The van der Waals surface area contributed by atoms with Crippen LogP contribution in [0.5, 0.6) is 11.5 Å². The molecule has 0 bridgehead atoms. The zero-order valence-corrected chi connectivity index (χ0v) is 24.0. The highest BCUT2D eigenvalue weighted by Gasteiger charge is 2.16. The van der Waals surface area contributed by atoms with Gasteiger partial charge in [-0.2, -0.15) is 0 Å². The molecule has 0 unspecified atom stereocenters. The molecule has 0 saturated carbocycles. The molecule has 2 aromatic carbocycles. The average molecular weight is 457 g/mol. The highest BCUT2D eigenvalue weighted by atomic mass is 28.2. The van der Waals surface area contributed by atoms with E-state index in [4.69, 9.17) is 8.85 Å². The minimum absolute atomic E-state index is 0.500. The maximum Gasteiger partial charge on any atom is 0.219 e. The molecule has 0 aliphatic rings. The van der Waals surface area contributed by atoms with Crippen molar-refractivity contribution in [3.8, 4) is 11.5 Å². The van der Waals surface area contributed by atoms with Gasteiger partial charge in [-0.25, -0.2) is 0 Å². The summed E-state index contributed by atoms with van der Waals surface area (Å²) in [5.74, 6) is 4.34. The summed E-state index contributed by atoms with van der Waals surface area (Å²) in [6.07, 6.45) is 1.24. The van der Waals surface area contributed by atoms with Crippen molar-refractivity contribution in [1.82, 2.24) is 0 Å². The molecular formula is C27H44O2Si2. The molecule has 0 spiro atoms. The zero-order valence-electron chi connectivity index (χ0n) is 21.1. The van der Waals surface area contributed by atoms with Crippen LogP contribution in [-0.4, -0.2) is 19.5 Å². The van der Waals surface area contributed by atoms with E-state index in [1.807, 2.05) is 0 Å². The Labute approximate surface area is 196 Å². The van der Waals surface area contributed by atoms with Gasteiger partial charge in [0.1, 0.15) is 11.5 Å². The molecule has 172 valence electrons. The van der Waals surface area contributed by atoms with Crippen LogP contribution in [0.3, 0.4) is 0 Å². The second-order valence-corrected chi connectivity index (χ2v) is 12.7. The molecule has 31 heavy (non-hydrogen) atoms. The van der Waals surface area contributed by atoms with Crippen LogP contribution >= 0.6 is 0 Å². The molecule has 2 aromatic rings. The smallest absolute Gasteiger partial charge is 0.219 e. The molecule has 0 atom stereocenters. The molecule has 0 aromatic heterocycles. The van der Waals surface area contributed by atoms with Crippen molar-refractivity contribution in [1.29, 1.82) is 0 Å². The standard InChI is InChI=1S/C27H44O2Si2/c1-18(2)22-12-9-14-24(26(22)20(5)6)28-30-16-11-17-31-29-25-15-10-13-23(19(3)4)27(25)21(7)8/h9-10,12-15,18-21H,11,16-17,30-31H2,1-8H3. The van der Waals surface area contributed by atoms with E-state index in [1.165, 1.54) is 40.8 Å². The van der Waals surface area contributed by atoms with Gasteiger partial charge in [0, 0.05) is 0 Å². The van der Waals surface area contributed by atoms with Gasteiger partial charge in [-0.05, 0) is 70.1 Å². The first-order valence-electron chi connectivity index (χ1n) is 12.2. The SMILES string of the molecule is CC(C)c1cccc(O[SiH2]CCC[SiH2]Oc2cccc(C(C)C)c2C(C)C)c1C(C)C. The Morgan fingerprint density at radius 3 is 1.29 bits per heavy atom. The minimum Gasteiger partial charge on any atom is -0.549 e. The Morgan fingerprint density at radius 2 is 0.968 bits per heavy atom. The molecule has 0 radical (unpaired) electrons. The summed E-state index contributed by atoms with van der Waals surface area (Å²) in [4.78, 5) is 0. The number of hydrogen-bond acceptors (Lipinski definition) is 2. The van der Waals surface area contributed by atoms with Gasteiger partial charge in [0.05, 0.1) is 0 Å². The van der Waals surface area contributed by atoms with E-state index < -0.39 is 19.5 Å². The predicted molar refractivity (Wildman–Crippen MR) is 142 cm³/mol. The monoisotopic (exact) mass is 456 g/mol. The maximum atomic E-state index is 6.36. The number of benzene rings is 2. The fraction of sp³-hybridized carbons (Fsp3) is 0.556. The Hall–Kier alpha value is -1.53. The molecule has 0 aliphatic carbocycles. The van der Waals surface area contributed by atoms with E-state index in [-0.39, 0.29) is 0 Å². The van der Waals surface area contributed by atoms with Crippen LogP contribution in [0.1, 0.15) is 108 Å². The normalized spacial score (nSPS) is 12.5. The average Bonchev–Trinajstić information content (AvgIpc) is 2.72. The summed E-state index contributed by atoms with van der Waals surface area (Å²) in [6, 6.07) is 15.6. The summed E-state index contributed by atoms with van der Waals surface area (Å²) in [6.45, 7) is 18.2. The number of rotatable bonds is 12. The molecule has 2 rings (SSSR count). The largest absolute Gasteiger partial charge is 0.549 e. The molecular weight excluding hydrogens is 412 g/mol. The summed E-state index contributed by atoms with van der Waals surface area (Å²) < 4.78 is 12.7. The van der Waals surface area contributed by atoms with Gasteiger partial charge in [-0.1, -0.05) is 86.1 Å². The molecule has 4 heteroatoms. The summed E-state index contributed by atoms with van der Waals surface area (Å²) in [5.41, 5.74) is 5.70. The third kappa shape index (κ3) is 7.25. The van der Waals surface area contributed by atoms with E-state index in [9.17, 15) is 0 Å². The second-order valence-electron chi connectivity index (χ2n) is 9.89. The Kier molecular flexibility index (Phi) is 10.4. The summed E-state index contributed by atoms with van der Waals surface area (Å²) in [5, 5.41) is 0. The van der Waals surface area contributed by atoms with Crippen LogP contribution in [0.15, 0.2) is 36.4 Å². The minimum atomic E-state index is -0.543. The van der Waals surface area contributed by atoms with Crippen molar-refractivity contribution in [2.24, 2.45) is 0 Å². The van der Waals surface area contributed by atoms with Crippen molar-refractivity contribution in [2.75, 3.05) is 0 Å². The lowest BCUT2D eigenvalue weighted by Crippen LogP contribution is -2.09. The van der Waals surface area contributed by atoms with Gasteiger partial charge < -0.3 is 8.85 Å². The Bertz CT molecular complexity index is 745. The first-order valence-corrected chi connectivity index (χ1v) is 15.4. The van der Waals surface area contributed by atoms with Crippen molar-refractivity contribution < 1.29 is 8.85 Å². The zero-order chi connectivity index (χ0) is 23.0. The van der Waals surface area contributed by atoms with Gasteiger partial charge in [0.15, 0.2) is 0 Å². The predicted octanol–water partition coefficient (Wildman–Crippen LogP) is 7.03. The van der Waals surface area contributed by atoms with Crippen molar-refractivity contribution in [3.05, 3.63) is 58.7 Å². The summed E-state index contributed by atoms with van der Waals surface area (Å²) in [7, 11) is -1.09. The van der Waals surface area contributed by atoms with E-state index in [0.29, 0.717) is 23.7 Å². The molecule has 0 aliphatic heterocycles. The van der Waals surface area contributed by atoms with Crippen LogP contribution < -0.4 is 8.85 Å². The third-order valence-corrected chi connectivity index (χ3v) is 8.51. The molecule has 0 fully saturated rings. The van der Waals surface area contributed by atoms with Crippen LogP contribution in [0, 0.1) is 0 Å². The van der Waals surface area contributed by atoms with Crippen LogP contribution in [0.2, 0.25) is 12.1 Å². The van der Waals surface area contributed by atoms with Crippen molar-refractivity contribution in [2.45, 2.75) is 97.6 Å². The van der Waals surface area contributed by atoms with E-state index in [0.717, 1.165) is 11.5 Å². The van der Waals surface area contributed by atoms with Gasteiger partial charge >= 0.3 is 0 Å². The Balaban J connectivity index is 1.83. The molecule has 0 saturated heterocycles. The van der Waals surface area contributed by atoms with Gasteiger partial charge in [0.2, 0.25) is 19.5 Å². The van der Waals surface area contributed by atoms with Crippen LogP contribution in [0.25, 0.3) is 0 Å². The van der Waals surface area contributed by atoms with Gasteiger partial charge in [-0.3, -0.25) is 0 Å².